The second-order valence-corrected chi connectivity index (χ2v) is 1.02. The van der Waals surface area contributed by atoms with Crippen LogP contribution in [0.4, 0.5) is 0 Å². The van der Waals surface area contributed by atoms with Gasteiger partial charge in [-0.3, -0.25) is 9.98 Å². The van der Waals surface area contributed by atoms with Crippen LogP contribution in [0.5, 0.6) is 0 Å². The fraction of sp³-hybridized carbons (Fsp3) is 0.286. The maximum atomic E-state index is 3.73. The molecule has 0 aromatic heterocycles. The van der Waals surface area contributed by atoms with Gasteiger partial charge in [-0.15, -0.1) is 0 Å². The van der Waals surface area contributed by atoms with Gasteiger partial charge in [0.1, 0.15) is 0 Å². The van der Waals surface area contributed by atoms with Gasteiger partial charge in [0.25, 0.3) is 0 Å². The average Bonchev–Trinajstić information content (AvgIpc) is 2.21. The maximum absolute atomic E-state index is 3.73. The van der Waals surface area contributed by atoms with Gasteiger partial charge in [0, 0.05) is 12.4 Å². The third-order valence-corrected chi connectivity index (χ3v) is 0.537. The molecule has 48 valence electrons. The lowest BCUT2D eigenvalue weighted by molar-refractivity contribution is 1.50. The molecular weight excluding hydrogens is 112 g/mol. The molecule has 0 spiro atoms. The van der Waals surface area contributed by atoms with Crippen molar-refractivity contribution in [2.45, 2.75) is 13.8 Å². The van der Waals surface area contributed by atoms with Crippen LogP contribution < -0.4 is 0 Å². The van der Waals surface area contributed by atoms with E-state index in [-0.39, 0.29) is 0 Å². The summed E-state index contributed by atoms with van der Waals surface area (Å²) in [7, 11) is 0. The third kappa shape index (κ3) is 4.72. The molecule has 0 bridgehead atoms. The van der Waals surface area contributed by atoms with Gasteiger partial charge < -0.3 is 0 Å². The summed E-state index contributed by atoms with van der Waals surface area (Å²) >= 11 is 0. The van der Waals surface area contributed by atoms with Crippen molar-refractivity contribution in [3.05, 3.63) is 18.1 Å². The summed E-state index contributed by atoms with van der Waals surface area (Å²) in [6, 6.07) is 0. The van der Waals surface area contributed by atoms with Gasteiger partial charge in [-0.2, -0.15) is 0 Å². The number of nitrogens with zero attached hydrogens (tertiary/aromatic N) is 2. The molecule has 0 saturated carbocycles. The topological polar surface area (TPSA) is 24.7 Å². The fourth-order valence-corrected chi connectivity index (χ4v) is 0.282. The highest BCUT2D eigenvalue weighted by atomic mass is 14.7. The highest BCUT2D eigenvalue weighted by Crippen LogP contribution is 1.74. The Balaban J connectivity index is 0.000000291. The Morgan fingerprint density at radius 1 is 1.00 bits per heavy atom. The predicted octanol–water partition coefficient (Wildman–Crippen LogP) is 1.79. The summed E-state index contributed by atoms with van der Waals surface area (Å²) in [4.78, 5) is 7.46. The van der Waals surface area contributed by atoms with E-state index in [0.717, 1.165) is 0 Å². The van der Waals surface area contributed by atoms with E-state index < -0.39 is 0 Å². The van der Waals surface area contributed by atoms with Crippen LogP contribution in [-0.2, 0) is 0 Å². The minimum absolute atomic E-state index is 1.56. The van der Waals surface area contributed by atoms with E-state index in [9.17, 15) is 0 Å². The van der Waals surface area contributed by atoms with Gasteiger partial charge in [-0.25, -0.2) is 0 Å². The smallest absolute Gasteiger partial charge is 0.0703 e. The Labute approximate surface area is 55.3 Å². The molecule has 1 aliphatic rings. The molecule has 1 aliphatic heterocycles. The van der Waals surface area contributed by atoms with Crippen LogP contribution in [0.1, 0.15) is 13.8 Å². The molecule has 1 rings (SSSR count). The normalized spacial score (nSPS) is 12.2. The van der Waals surface area contributed by atoms with Crippen molar-refractivity contribution in [3.8, 4) is 0 Å². The van der Waals surface area contributed by atoms with Gasteiger partial charge in [0.15, 0.2) is 0 Å². The molecule has 0 aromatic rings. The summed E-state index contributed by atoms with van der Waals surface area (Å²) in [5.41, 5.74) is 2.70. The lowest BCUT2D eigenvalue weighted by Crippen LogP contribution is -1.66. The number of rotatable bonds is 0. The molecule has 0 fully saturated rings. The number of hydrogen-bond acceptors (Lipinski definition) is 2. The fourth-order valence-electron chi connectivity index (χ4n) is 0.282. The molecule has 0 saturated heterocycles. The molecule has 0 atom stereocenters. The van der Waals surface area contributed by atoms with Crippen LogP contribution in [0.25, 0.3) is 0 Å². The number of aliphatic imine (C=N–C) groups is 2. The monoisotopic (exact) mass is 122 g/mol. The van der Waals surface area contributed by atoms with Gasteiger partial charge >= 0.3 is 0 Å². The Morgan fingerprint density at radius 3 is 1.89 bits per heavy atom. The molecule has 0 amide bonds. The first kappa shape index (κ1) is 7.86. The average molecular weight is 122 g/mol. The molecule has 1 heterocycles. The van der Waals surface area contributed by atoms with E-state index >= 15 is 0 Å². The third-order valence-electron chi connectivity index (χ3n) is 0.537. The molecule has 2 nitrogen and oxygen atoms in total. The molecule has 2 heteroatoms. The zero-order valence-electron chi connectivity index (χ0n) is 5.70. The summed E-state index contributed by atoms with van der Waals surface area (Å²) in [5, 5.41) is 0. The summed E-state index contributed by atoms with van der Waals surface area (Å²) in [6.45, 7) is 4.00. The Kier molecular flexibility index (Phi) is 5.99. The van der Waals surface area contributed by atoms with Crippen molar-refractivity contribution >= 4 is 12.4 Å². The van der Waals surface area contributed by atoms with Crippen molar-refractivity contribution in [1.29, 1.82) is 0 Å². The van der Waals surface area contributed by atoms with E-state index in [4.69, 9.17) is 0 Å². The van der Waals surface area contributed by atoms with Crippen LogP contribution in [0.15, 0.2) is 28.1 Å². The van der Waals surface area contributed by atoms with Crippen LogP contribution in [0, 0.1) is 0 Å². The van der Waals surface area contributed by atoms with Gasteiger partial charge in [-0.05, 0) is 0 Å². The first-order valence-corrected chi connectivity index (χ1v) is 2.94. The van der Waals surface area contributed by atoms with E-state index in [0.29, 0.717) is 0 Å². The standard InChI is InChI=1S/C5H4N2.C2H6/c1-2-6-4-5-7-3-1;1-2/h2-5H;1-2H3. The molecule has 0 aliphatic carbocycles. The summed E-state index contributed by atoms with van der Waals surface area (Å²) < 4.78 is 0. The van der Waals surface area contributed by atoms with Crippen molar-refractivity contribution in [2.24, 2.45) is 9.98 Å². The van der Waals surface area contributed by atoms with Gasteiger partial charge in [-0.1, -0.05) is 19.6 Å². The zero-order valence-corrected chi connectivity index (χ0v) is 5.70. The van der Waals surface area contributed by atoms with Crippen molar-refractivity contribution in [3.63, 3.8) is 0 Å². The van der Waals surface area contributed by atoms with E-state index in [2.05, 4.69) is 15.7 Å². The van der Waals surface area contributed by atoms with Crippen molar-refractivity contribution < 1.29 is 0 Å². The molecule has 9 heavy (non-hydrogen) atoms. The largest absolute Gasteiger partial charge is 0.255 e. The lowest BCUT2D eigenvalue weighted by Gasteiger charge is -1.61. The van der Waals surface area contributed by atoms with Crippen LogP contribution in [-0.4, -0.2) is 12.4 Å². The minimum atomic E-state index is 1.56. The van der Waals surface area contributed by atoms with E-state index in [1.54, 1.807) is 24.8 Å². The molecule has 0 N–H and O–H groups in total. The SMILES string of the molecule is C1=CN=CC=NC=1.CC. The van der Waals surface area contributed by atoms with Crippen LogP contribution >= 0.6 is 0 Å². The van der Waals surface area contributed by atoms with Crippen molar-refractivity contribution in [1.82, 2.24) is 0 Å². The first-order chi connectivity index (χ1) is 4.50. The second kappa shape index (κ2) is 6.86. The Morgan fingerprint density at radius 2 is 1.44 bits per heavy atom. The second-order valence-electron chi connectivity index (χ2n) is 1.02. The summed E-state index contributed by atoms with van der Waals surface area (Å²) in [5.74, 6) is 0. The van der Waals surface area contributed by atoms with E-state index in [1.807, 2.05) is 13.8 Å². The molecule has 0 radical (unpaired) electrons. The highest BCUT2D eigenvalue weighted by Gasteiger charge is 1.63. The minimum Gasteiger partial charge on any atom is -0.255 e. The van der Waals surface area contributed by atoms with Crippen molar-refractivity contribution in [2.75, 3.05) is 0 Å². The molecule has 0 aromatic carbocycles. The zero-order chi connectivity index (χ0) is 6.95. The maximum Gasteiger partial charge on any atom is 0.0703 e. The Bertz CT molecular complexity index is 144. The first-order valence-electron chi connectivity index (χ1n) is 2.94. The lowest BCUT2D eigenvalue weighted by atomic mass is 10.8. The summed E-state index contributed by atoms with van der Waals surface area (Å²) in [6.07, 6.45) is 6.34. The van der Waals surface area contributed by atoms with Crippen LogP contribution in [0.3, 0.4) is 0 Å². The van der Waals surface area contributed by atoms with Crippen LogP contribution in [0.2, 0.25) is 0 Å². The van der Waals surface area contributed by atoms with Gasteiger partial charge in [0.2, 0.25) is 0 Å². The van der Waals surface area contributed by atoms with Gasteiger partial charge in [0.05, 0.1) is 12.4 Å². The Hall–Kier alpha value is -1.14. The predicted molar refractivity (Wildman–Crippen MR) is 41.0 cm³/mol. The number of hydrogen-bond donors (Lipinski definition) is 0. The molecule has 0 unspecified atom stereocenters. The van der Waals surface area contributed by atoms with E-state index in [1.165, 1.54) is 0 Å². The molecular formula is C7H10N2. The quantitative estimate of drug-likeness (QED) is 0.438. The highest BCUT2D eigenvalue weighted by molar-refractivity contribution is 6.16.